The van der Waals surface area contributed by atoms with Crippen LogP contribution in [0, 0.1) is 5.92 Å². The van der Waals surface area contributed by atoms with Crippen LogP contribution in [0.1, 0.15) is 38.3 Å². The third-order valence-electron chi connectivity index (χ3n) is 3.02. The van der Waals surface area contributed by atoms with Crippen molar-refractivity contribution in [3.05, 3.63) is 34.2 Å². The van der Waals surface area contributed by atoms with Gasteiger partial charge in [-0.05, 0) is 36.5 Å². The lowest BCUT2D eigenvalue weighted by Gasteiger charge is -2.13. The van der Waals surface area contributed by atoms with E-state index in [1.807, 2.05) is 18.2 Å². The molecule has 4 N–H and O–H groups in total. The van der Waals surface area contributed by atoms with Crippen molar-refractivity contribution in [1.29, 1.82) is 0 Å². The highest BCUT2D eigenvalue weighted by atomic mass is 16.1. The molecule has 0 aliphatic rings. The highest BCUT2D eigenvalue weighted by molar-refractivity contribution is 5.75. The van der Waals surface area contributed by atoms with Gasteiger partial charge in [-0.1, -0.05) is 19.9 Å². The average Bonchev–Trinajstić information content (AvgIpc) is 2.64. The number of hydrogen-bond donors (Lipinski definition) is 3. The molecule has 0 aliphatic carbocycles. The molecule has 0 bridgehead atoms. The molecule has 2 aromatic rings. The molecule has 17 heavy (non-hydrogen) atoms. The summed E-state index contributed by atoms with van der Waals surface area (Å²) in [5, 5.41) is 0. The van der Waals surface area contributed by atoms with Crippen molar-refractivity contribution in [3.8, 4) is 0 Å². The van der Waals surface area contributed by atoms with E-state index in [-0.39, 0.29) is 11.7 Å². The molecule has 92 valence electrons. The van der Waals surface area contributed by atoms with Gasteiger partial charge in [0, 0.05) is 6.04 Å². The lowest BCUT2D eigenvalue weighted by Crippen LogP contribution is -2.11. The van der Waals surface area contributed by atoms with Crippen molar-refractivity contribution >= 4 is 11.0 Å². The van der Waals surface area contributed by atoms with Gasteiger partial charge in [0.15, 0.2) is 0 Å². The molecule has 0 amide bonds. The molecule has 4 heteroatoms. The second-order valence-electron chi connectivity index (χ2n) is 4.96. The maximum Gasteiger partial charge on any atom is 0.323 e. The van der Waals surface area contributed by atoms with Crippen LogP contribution in [-0.4, -0.2) is 9.97 Å². The van der Waals surface area contributed by atoms with Crippen molar-refractivity contribution in [2.45, 2.75) is 32.7 Å². The molecular weight excluding hydrogens is 214 g/mol. The zero-order chi connectivity index (χ0) is 12.4. The number of imidazole rings is 1. The summed E-state index contributed by atoms with van der Waals surface area (Å²) in [6.07, 6.45) is 2.08. The van der Waals surface area contributed by atoms with Gasteiger partial charge in [0.2, 0.25) is 0 Å². The molecular formula is C13H19N3O. The number of aromatic nitrogens is 2. The number of hydrogen-bond acceptors (Lipinski definition) is 2. The molecule has 0 aliphatic heterocycles. The molecule has 0 spiro atoms. The van der Waals surface area contributed by atoms with Crippen LogP contribution in [0.15, 0.2) is 23.0 Å². The number of fused-ring (bicyclic) bond motifs is 1. The summed E-state index contributed by atoms with van der Waals surface area (Å²) >= 11 is 0. The number of nitrogens with one attached hydrogen (secondary N) is 2. The number of H-pyrrole nitrogens is 2. The first-order valence-electron chi connectivity index (χ1n) is 6.04. The van der Waals surface area contributed by atoms with E-state index < -0.39 is 0 Å². The van der Waals surface area contributed by atoms with Crippen LogP contribution in [0.3, 0.4) is 0 Å². The third kappa shape index (κ3) is 2.77. The SMILES string of the molecule is CC(C)CCC(N)c1ccc2[nH]c(=O)[nH]c2c1. The average molecular weight is 233 g/mol. The van der Waals surface area contributed by atoms with Crippen molar-refractivity contribution < 1.29 is 0 Å². The number of benzene rings is 1. The van der Waals surface area contributed by atoms with Crippen LogP contribution in [-0.2, 0) is 0 Å². The standard InChI is InChI=1S/C13H19N3O/c1-8(2)3-5-10(14)9-4-6-11-12(7-9)16-13(17)15-11/h4,6-8,10H,3,5,14H2,1-2H3,(H2,15,16,17). The fraction of sp³-hybridized carbons (Fsp3) is 0.462. The Balaban J connectivity index is 2.20. The van der Waals surface area contributed by atoms with Crippen molar-refractivity contribution in [3.63, 3.8) is 0 Å². The zero-order valence-electron chi connectivity index (χ0n) is 10.3. The third-order valence-corrected chi connectivity index (χ3v) is 3.02. The Hall–Kier alpha value is -1.55. The lowest BCUT2D eigenvalue weighted by molar-refractivity contribution is 0.507. The van der Waals surface area contributed by atoms with Crippen molar-refractivity contribution in [2.24, 2.45) is 11.7 Å². The van der Waals surface area contributed by atoms with Crippen LogP contribution in [0.5, 0.6) is 0 Å². The van der Waals surface area contributed by atoms with Gasteiger partial charge in [-0.15, -0.1) is 0 Å². The molecule has 1 atom stereocenters. The van der Waals surface area contributed by atoms with Crippen LogP contribution in [0.4, 0.5) is 0 Å². The fourth-order valence-electron chi connectivity index (χ4n) is 1.96. The van der Waals surface area contributed by atoms with E-state index in [4.69, 9.17) is 5.73 Å². The van der Waals surface area contributed by atoms with Crippen molar-refractivity contribution in [1.82, 2.24) is 9.97 Å². The summed E-state index contributed by atoms with van der Waals surface area (Å²) in [6.45, 7) is 4.39. The topological polar surface area (TPSA) is 74.7 Å². The summed E-state index contributed by atoms with van der Waals surface area (Å²) in [6, 6.07) is 5.88. The summed E-state index contributed by atoms with van der Waals surface area (Å²) in [7, 11) is 0. The van der Waals surface area contributed by atoms with Crippen LogP contribution >= 0.6 is 0 Å². The van der Waals surface area contributed by atoms with Gasteiger partial charge in [-0.2, -0.15) is 0 Å². The molecule has 1 heterocycles. The predicted molar refractivity (Wildman–Crippen MR) is 69.9 cm³/mol. The van der Waals surface area contributed by atoms with E-state index in [1.165, 1.54) is 0 Å². The second-order valence-corrected chi connectivity index (χ2v) is 4.96. The minimum atomic E-state index is -0.173. The molecule has 0 radical (unpaired) electrons. The quantitative estimate of drug-likeness (QED) is 0.758. The first-order chi connectivity index (χ1) is 8.06. The fourth-order valence-corrected chi connectivity index (χ4v) is 1.96. The van der Waals surface area contributed by atoms with Crippen molar-refractivity contribution in [2.75, 3.05) is 0 Å². The Labute approximate surface area is 100 Å². The summed E-state index contributed by atoms with van der Waals surface area (Å²) in [5.41, 5.74) is 8.70. The van der Waals surface area contributed by atoms with Gasteiger partial charge >= 0.3 is 5.69 Å². The highest BCUT2D eigenvalue weighted by Crippen LogP contribution is 2.21. The van der Waals surface area contributed by atoms with E-state index in [0.29, 0.717) is 5.92 Å². The van der Waals surface area contributed by atoms with Crippen LogP contribution in [0.2, 0.25) is 0 Å². The Morgan fingerprint density at radius 3 is 2.59 bits per heavy atom. The minimum absolute atomic E-state index is 0.0419. The molecule has 0 saturated carbocycles. The summed E-state index contributed by atoms with van der Waals surface area (Å²) in [5.74, 6) is 0.664. The number of nitrogens with two attached hydrogens (primary N) is 1. The van der Waals surface area contributed by atoms with Gasteiger partial charge in [-0.25, -0.2) is 4.79 Å². The number of rotatable bonds is 4. The van der Waals surface area contributed by atoms with E-state index in [1.54, 1.807) is 0 Å². The zero-order valence-corrected chi connectivity index (χ0v) is 10.3. The van der Waals surface area contributed by atoms with Gasteiger partial charge in [0.1, 0.15) is 0 Å². The Morgan fingerprint density at radius 1 is 1.18 bits per heavy atom. The van der Waals surface area contributed by atoms with Gasteiger partial charge in [0.25, 0.3) is 0 Å². The van der Waals surface area contributed by atoms with Gasteiger partial charge in [-0.3, -0.25) is 0 Å². The van der Waals surface area contributed by atoms with E-state index in [0.717, 1.165) is 29.4 Å². The molecule has 0 fully saturated rings. The van der Waals surface area contributed by atoms with E-state index in [9.17, 15) is 4.79 Å². The Kier molecular flexibility index (Phi) is 3.33. The first kappa shape index (κ1) is 11.9. The largest absolute Gasteiger partial charge is 0.324 e. The number of aromatic amines is 2. The summed E-state index contributed by atoms with van der Waals surface area (Å²) in [4.78, 5) is 16.6. The van der Waals surface area contributed by atoms with E-state index in [2.05, 4.69) is 23.8 Å². The smallest absolute Gasteiger partial charge is 0.323 e. The Bertz CT molecular complexity index is 553. The second kappa shape index (κ2) is 4.75. The first-order valence-corrected chi connectivity index (χ1v) is 6.04. The molecule has 0 saturated heterocycles. The van der Waals surface area contributed by atoms with Crippen LogP contribution in [0.25, 0.3) is 11.0 Å². The molecule has 4 nitrogen and oxygen atoms in total. The van der Waals surface area contributed by atoms with Gasteiger partial charge in [0.05, 0.1) is 11.0 Å². The summed E-state index contributed by atoms with van der Waals surface area (Å²) < 4.78 is 0. The highest BCUT2D eigenvalue weighted by Gasteiger charge is 2.08. The maximum absolute atomic E-state index is 11.1. The molecule has 2 rings (SSSR count). The monoisotopic (exact) mass is 233 g/mol. The van der Waals surface area contributed by atoms with Crippen LogP contribution < -0.4 is 11.4 Å². The normalized spacial score (nSPS) is 13.4. The lowest BCUT2D eigenvalue weighted by atomic mass is 9.98. The predicted octanol–water partition coefficient (Wildman–Crippen LogP) is 2.29. The molecule has 1 aromatic heterocycles. The maximum atomic E-state index is 11.1. The Morgan fingerprint density at radius 2 is 1.88 bits per heavy atom. The van der Waals surface area contributed by atoms with E-state index >= 15 is 0 Å². The molecule has 1 unspecified atom stereocenters. The van der Waals surface area contributed by atoms with Gasteiger partial charge < -0.3 is 15.7 Å². The molecule has 1 aromatic carbocycles. The minimum Gasteiger partial charge on any atom is -0.324 e.